The van der Waals surface area contributed by atoms with Crippen molar-refractivity contribution in [1.82, 2.24) is 10.0 Å². The maximum atomic E-state index is 12.7. The highest BCUT2D eigenvalue weighted by Crippen LogP contribution is 2.32. The molecular weight excluding hydrogens is 302 g/mol. The van der Waals surface area contributed by atoms with Gasteiger partial charge in [-0.3, -0.25) is 4.79 Å². The average Bonchev–Trinajstić information content (AvgIpc) is 2.98. The summed E-state index contributed by atoms with van der Waals surface area (Å²) < 4.78 is 26.0. The molecule has 2 N–H and O–H groups in total. The third-order valence-electron chi connectivity index (χ3n) is 4.44. The van der Waals surface area contributed by atoms with Crippen LogP contribution in [0.15, 0.2) is 23.1 Å². The molecule has 2 heterocycles. The zero-order valence-corrected chi connectivity index (χ0v) is 13.4. The second-order valence-electron chi connectivity index (χ2n) is 5.78. The third-order valence-corrected chi connectivity index (χ3v) is 5.85. The Hall–Kier alpha value is -1.44. The molecule has 7 heteroatoms. The molecule has 2 aliphatic rings. The van der Waals surface area contributed by atoms with Crippen LogP contribution in [0, 0.1) is 5.92 Å². The number of sulfonamides is 1. The number of fused-ring (bicyclic) bond motifs is 1. The van der Waals surface area contributed by atoms with Gasteiger partial charge in [0, 0.05) is 18.8 Å². The number of hydrogen-bond donors (Lipinski definition) is 2. The summed E-state index contributed by atoms with van der Waals surface area (Å²) in [6, 6.07) is 4.99. The molecule has 1 fully saturated rings. The monoisotopic (exact) mass is 323 g/mol. The lowest BCUT2D eigenvalue weighted by Crippen LogP contribution is -2.42. The van der Waals surface area contributed by atoms with Crippen molar-refractivity contribution in [1.29, 1.82) is 0 Å². The van der Waals surface area contributed by atoms with Crippen LogP contribution in [0.3, 0.4) is 0 Å². The number of nitrogens with zero attached hydrogens (tertiary/aromatic N) is 1. The fourth-order valence-corrected chi connectivity index (χ4v) is 3.96. The molecule has 0 bridgehead atoms. The minimum Gasteiger partial charge on any atom is -0.316 e. The van der Waals surface area contributed by atoms with Gasteiger partial charge in [-0.25, -0.2) is 13.1 Å². The van der Waals surface area contributed by atoms with Crippen LogP contribution < -0.4 is 14.9 Å². The van der Waals surface area contributed by atoms with Gasteiger partial charge in [0.15, 0.2) is 0 Å². The van der Waals surface area contributed by atoms with Gasteiger partial charge in [0.25, 0.3) is 0 Å². The van der Waals surface area contributed by atoms with Crippen LogP contribution in [0.5, 0.6) is 0 Å². The lowest BCUT2D eigenvalue weighted by molar-refractivity contribution is -0.122. The van der Waals surface area contributed by atoms with Crippen LogP contribution in [0.25, 0.3) is 0 Å². The van der Waals surface area contributed by atoms with Crippen LogP contribution in [0.1, 0.15) is 18.4 Å². The van der Waals surface area contributed by atoms with Crippen molar-refractivity contribution in [2.75, 3.05) is 31.6 Å². The molecule has 6 nitrogen and oxygen atoms in total. The summed E-state index contributed by atoms with van der Waals surface area (Å²) >= 11 is 0. The van der Waals surface area contributed by atoms with Crippen LogP contribution in [0.2, 0.25) is 0 Å². The molecule has 0 saturated carbocycles. The summed E-state index contributed by atoms with van der Waals surface area (Å²) in [5.41, 5.74) is 1.78. The molecule has 1 saturated heterocycles. The van der Waals surface area contributed by atoms with Gasteiger partial charge in [-0.1, -0.05) is 0 Å². The van der Waals surface area contributed by atoms with E-state index in [1.54, 1.807) is 18.2 Å². The number of anilines is 1. The number of piperidine rings is 1. The molecule has 1 amide bonds. The van der Waals surface area contributed by atoms with Gasteiger partial charge < -0.3 is 10.2 Å². The number of amides is 1. The summed E-state index contributed by atoms with van der Waals surface area (Å²) in [5, 5.41) is 3.26. The van der Waals surface area contributed by atoms with Crippen LogP contribution >= 0.6 is 0 Å². The Morgan fingerprint density at radius 3 is 2.91 bits per heavy atom. The Morgan fingerprint density at radius 1 is 1.41 bits per heavy atom. The number of carbonyl (C=O) groups is 1. The minimum atomic E-state index is -3.44. The third kappa shape index (κ3) is 2.76. The second-order valence-corrected chi connectivity index (χ2v) is 7.67. The van der Waals surface area contributed by atoms with E-state index in [4.69, 9.17) is 0 Å². The first-order valence-corrected chi connectivity index (χ1v) is 9.10. The maximum Gasteiger partial charge on any atom is 0.240 e. The van der Waals surface area contributed by atoms with Crippen LogP contribution in [-0.2, 0) is 21.2 Å². The zero-order valence-electron chi connectivity index (χ0n) is 12.6. The summed E-state index contributed by atoms with van der Waals surface area (Å²) in [6.07, 6.45) is 2.65. The number of rotatable bonds is 3. The van der Waals surface area contributed by atoms with Crippen molar-refractivity contribution in [3.63, 3.8) is 0 Å². The van der Waals surface area contributed by atoms with E-state index >= 15 is 0 Å². The fourth-order valence-electron chi connectivity index (χ4n) is 3.18. The summed E-state index contributed by atoms with van der Waals surface area (Å²) in [7, 11) is -2.04. The van der Waals surface area contributed by atoms with E-state index in [1.807, 2.05) is 4.90 Å². The molecular formula is C15H21N3O3S. The van der Waals surface area contributed by atoms with Gasteiger partial charge in [-0.2, -0.15) is 0 Å². The Balaban J connectivity index is 1.84. The van der Waals surface area contributed by atoms with Gasteiger partial charge in [0.1, 0.15) is 0 Å². The number of hydrogen-bond acceptors (Lipinski definition) is 4. The molecule has 1 aromatic carbocycles. The van der Waals surface area contributed by atoms with E-state index in [9.17, 15) is 13.2 Å². The topological polar surface area (TPSA) is 78.5 Å². The Bertz CT molecular complexity index is 681. The predicted molar refractivity (Wildman–Crippen MR) is 84.3 cm³/mol. The predicted octanol–water partition coefficient (Wildman–Crippen LogP) is 0.483. The molecule has 2 aliphatic heterocycles. The average molecular weight is 323 g/mol. The molecule has 0 aromatic heterocycles. The molecule has 22 heavy (non-hydrogen) atoms. The lowest BCUT2D eigenvalue weighted by atomic mass is 9.98. The van der Waals surface area contributed by atoms with Crippen molar-refractivity contribution in [2.45, 2.75) is 24.2 Å². The molecule has 1 aromatic rings. The Kier molecular flexibility index (Phi) is 4.20. The largest absolute Gasteiger partial charge is 0.316 e. The van der Waals surface area contributed by atoms with E-state index in [0.29, 0.717) is 13.0 Å². The number of carbonyl (C=O) groups excluding carboxylic acids is 1. The highest BCUT2D eigenvalue weighted by Gasteiger charge is 2.31. The van der Waals surface area contributed by atoms with Crippen molar-refractivity contribution >= 4 is 21.6 Å². The fraction of sp³-hybridized carbons (Fsp3) is 0.533. The first-order valence-electron chi connectivity index (χ1n) is 7.61. The number of nitrogens with one attached hydrogen (secondary N) is 2. The Morgan fingerprint density at radius 2 is 2.23 bits per heavy atom. The van der Waals surface area contributed by atoms with Crippen molar-refractivity contribution < 1.29 is 13.2 Å². The zero-order chi connectivity index (χ0) is 15.7. The quantitative estimate of drug-likeness (QED) is 0.848. The first-order chi connectivity index (χ1) is 10.5. The van der Waals surface area contributed by atoms with Crippen molar-refractivity contribution in [3.8, 4) is 0 Å². The molecule has 0 aliphatic carbocycles. The van der Waals surface area contributed by atoms with Gasteiger partial charge >= 0.3 is 0 Å². The molecule has 0 spiro atoms. The summed E-state index contributed by atoms with van der Waals surface area (Å²) in [5.74, 6) is 0.176. The number of benzene rings is 1. The standard InChI is InChI=1S/C15H21N3O3S/c1-16-22(20,21)13-4-5-14-11(9-13)6-8-18(14)15(19)12-3-2-7-17-10-12/h4-5,9,12,16-17H,2-3,6-8,10H2,1H3. The van der Waals surface area contributed by atoms with E-state index < -0.39 is 10.0 Å². The molecule has 3 rings (SSSR count). The van der Waals surface area contributed by atoms with E-state index in [1.165, 1.54) is 7.05 Å². The van der Waals surface area contributed by atoms with E-state index in [0.717, 1.165) is 37.2 Å². The van der Waals surface area contributed by atoms with Crippen molar-refractivity contribution in [3.05, 3.63) is 23.8 Å². The van der Waals surface area contributed by atoms with E-state index in [2.05, 4.69) is 10.0 Å². The first kappa shape index (κ1) is 15.5. The highest BCUT2D eigenvalue weighted by molar-refractivity contribution is 7.89. The van der Waals surface area contributed by atoms with Crippen LogP contribution in [-0.4, -0.2) is 41.0 Å². The lowest BCUT2D eigenvalue weighted by Gasteiger charge is -2.27. The Labute approximate surface area is 130 Å². The maximum absolute atomic E-state index is 12.7. The summed E-state index contributed by atoms with van der Waals surface area (Å²) in [4.78, 5) is 14.7. The molecule has 0 radical (unpaired) electrons. The highest BCUT2D eigenvalue weighted by atomic mass is 32.2. The van der Waals surface area contributed by atoms with Crippen molar-refractivity contribution in [2.24, 2.45) is 5.92 Å². The smallest absolute Gasteiger partial charge is 0.240 e. The molecule has 120 valence electrons. The van der Waals surface area contributed by atoms with Gasteiger partial charge in [0.05, 0.1) is 10.8 Å². The van der Waals surface area contributed by atoms with Crippen LogP contribution in [0.4, 0.5) is 5.69 Å². The van der Waals surface area contributed by atoms with Gasteiger partial charge in [0.2, 0.25) is 15.9 Å². The minimum absolute atomic E-state index is 0.0282. The molecule has 1 unspecified atom stereocenters. The SMILES string of the molecule is CNS(=O)(=O)c1ccc2c(c1)CCN2C(=O)C1CCCNC1. The van der Waals surface area contributed by atoms with E-state index in [-0.39, 0.29) is 16.7 Å². The van der Waals surface area contributed by atoms with Gasteiger partial charge in [-0.05, 0) is 56.6 Å². The molecule has 1 atom stereocenters. The van der Waals surface area contributed by atoms with Gasteiger partial charge in [-0.15, -0.1) is 0 Å². The summed E-state index contributed by atoms with van der Waals surface area (Å²) in [6.45, 7) is 2.34. The second kappa shape index (κ2) is 5.98. The normalized spacial score (nSPS) is 21.7.